The quantitative estimate of drug-likeness (QED) is 0.704. The lowest BCUT2D eigenvalue weighted by Gasteiger charge is -2.36. The maximum atomic E-state index is 13.0. The number of benzene rings is 1. The molecule has 1 aromatic carbocycles. The van der Waals surface area contributed by atoms with Crippen LogP contribution in [-0.2, 0) is 16.4 Å². The second kappa shape index (κ2) is 7.62. The van der Waals surface area contributed by atoms with Crippen LogP contribution in [0.4, 0.5) is 35.4 Å². The van der Waals surface area contributed by atoms with Crippen molar-refractivity contribution in [2.75, 3.05) is 16.2 Å². The maximum Gasteiger partial charge on any atom is 0.516 e. The average molecular weight is 434 g/mol. The molecule has 2 heterocycles. The molecule has 1 N–H and O–H groups in total. The molecule has 152 valence electrons. The third-order valence-electron chi connectivity index (χ3n) is 4.16. The molecule has 28 heavy (non-hydrogen) atoms. The Bertz CT molecular complexity index is 974. The van der Waals surface area contributed by atoms with Crippen molar-refractivity contribution < 1.29 is 21.6 Å². The Labute approximate surface area is 163 Å². The summed E-state index contributed by atoms with van der Waals surface area (Å²) in [4.78, 5) is 2.01. The number of halogens is 3. The van der Waals surface area contributed by atoms with Gasteiger partial charge in [-0.25, -0.2) is 0 Å². The minimum atomic E-state index is -5.61. The molecule has 8 nitrogen and oxygen atoms in total. The van der Waals surface area contributed by atoms with Gasteiger partial charge in [0, 0.05) is 23.8 Å². The highest BCUT2D eigenvalue weighted by molar-refractivity contribution is 7.93. The molecule has 0 radical (unpaired) electrons. The normalized spacial score (nSPS) is 15.3. The highest BCUT2D eigenvalue weighted by atomic mass is 32.2. The summed E-state index contributed by atoms with van der Waals surface area (Å²) in [6.07, 6.45) is 1.08. The van der Waals surface area contributed by atoms with Crippen LogP contribution in [0.1, 0.15) is 25.8 Å². The second-order valence-electron chi connectivity index (χ2n) is 6.32. The lowest BCUT2D eigenvalue weighted by atomic mass is 9.98. The van der Waals surface area contributed by atoms with Crippen LogP contribution in [0.5, 0.6) is 0 Å². The van der Waals surface area contributed by atoms with Gasteiger partial charge >= 0.3 is 15.5 Å². The van der Waals surface area contributed by atoms with E-state index in [0.29, 0.717) is 24.1 Å². The zero-order chi connectivity index (χ0) is 20.5. The van der Waals surface area contributed by atoms with E-state index in [1.807, 2.05) is 18.7 Å². The lowest BCUT2D eigenvalue weighted by Crippen LogP contribution is -2.36. The highest BCUT2D eigenvalue weighted by Crippen LogP contribution is 2.42. The van der Waals surface area contributed by atoms with Crippen LogP contribution in [0.3, 0.4) is 0 Å². The van der Waals surface area contributed by atoms with E-state index < -0.39 is 15.5 Å². The lowest BCUT2D eigenvalue weighted by molar-refractivity contribution is -0.0429. The Morgan fingerprint density at radius 2 is 2.04 bits per heavy atom. The highest BCUT2D eigenvalue weighted by Gasteiger charge is 2.46. The van der Waals surface area contributed by atoms with Gasteiger partial charge in [0.2, 0.25) is 0 Å². The maximum absolute atomic E-state index is 13.0. The number of nitrogens with zero attached hydrogens (tertiary/aromatic N) is 5. The summed E-state index contributed by atoms with van der Waals surface area (Å²) in [5.41, 5.74) is -3.12. The Morgan fingerprint density at radius 1 is 1.29 bits per heavy atom. The Morgan fingerprint density at radius 3 is 2.64 bits per heavy atom. The Balaban J connectivity index is 2.12. The summed E-state index contributed by atoms with van der Waals surface area (Å²) in [5, 5.41) is 15.2. The largest absolute Gasteiger partial charge is 0.516 e. The first-order valence-electron chi connectivity index (χ1n) is 8.29. The number of anilines is 2. The molecule has 13 heteroatoms. The molecule has 0 amide bonds. The van der Waals surface area contributed by atoms with Gasteiger partial charge in [-0.15, -0.1) is 20.4 Å². The SMILES string of the molecule is CC(C)N1CCCc2c1ccc(N=Nc1nncs1)c2NS(=O)(=O)C(F)(F)F. The first kappa shape index (κ1) is 20.5. The van der Waals surface area contributed by atoms with Crippen LogP contribution < -0.4 is 9.62 Å². The minimum absolute atomic E-state index is 0.0209. The molecule has 2 aromatic rings. The van der Waals surface area contributed by atoms with E-state index in [1.165, 1.54) is 11.6 Å². The number of sulfonamides is 1. The van der Waals surface area contributed by atoms with Gasteiger partial charge in [0.15, 0.2) is 0 Å². The number of aromatic nitrogens is 2. The fourth-order valence-electron chi connectivity index (χ4n) is 2.93. The summed E-state index contributed by atoms with van der Waals surface area (Å²) >= 11 is 1.09. The first-order valence-corrected chi connectivity index (χ1v) is 10.7. The van der Waals surface area contributed by atoms with E-state index in [4.69, 9.17) is 0 Å². The van der Waals surface area contributed by atoms with Crippen molar-refractivity contribution in [3.05, 3.63) is 23.2 Å². The molecule has 0 saturated heterocycles. The summed E-state index contributed by atoms with van der Waals surface area (Å²) in [6, 6.07) is 3.26. The second-order valence-corrected chi connectivity index (χ2v) is 8.81. The molecule has 0 bridgehead atoms. The minimum Gasteiger partial charge on any atom is -0.369 e. The van der Waals surface area contributed by atoms with E-state index >= 15 is 0 Å². The van der Waals surface area contributed by atoms with Crippen LogP contribution >= 0.6 is 11.3 Å². The van der Waals surface area contributed by atoms with Crippen LogP contribution in [-0.4, -0.2) is 36.7 Å². The first-order chi connectivity index (χ1) is 13.1. The molecule has 0 fully saturated rings. The van der Waals surface area contributed by atoms with Gasteiger partial charge in [0.25, 0.3) is 5.13 Å². The van der Waals surface area contributed by atoms with Crippen molar-refractivity contribution in [2.24, 2.45) is 10.2 Å². The van der Waals surface area contributed by atoms with Gasteiger partial charge in [-0.05, 0) is 38.8 Å². The van der Waals surface area contributed by atoms with Crippen LogP contribution in [0.15, 0.2) is 27.9 Å². The molecule has 1 aliphatic rings. The molecule has 3 rings (SSSR count). The zero-order valence-electron chi connectivity index (χ0n) is 14.9. The fourth-order valence-corrected chi connectivity index (χ4v) is 3.91. The summed E-state index contributed by atoms with van der Waals surface area (Å²) in [7, 11) is -5.61. The monoisotopic (exact) mass is 434 g/mol. The molecule has 0 atom stereocenters. The average Bonchev–Trinajstić information content (AvgIpc) is 3.12. The number of rotatable bonds is 5. The number of azo groups is 1. The van der Waals surface area contributed by atoms with Crippen molar-refractivity contribution in [3.63, 3.8) is 0 Å². The van der Waals surface area contributed by atoms with Crippen molar-refractivity contribution in [1.29, 1.82) is 0 Å². The molecular formula is C15H17F3N6O2S2. The van der Waals surface area contributed by atoms with Crippen molar-refractivity contribution in [3.8, 4) is 0 Å². The predicted octanol–water partition coefficient (Wildman–Crippen LogP) is 4.38. The summed E-state index contributed by atoms with van der Waals surface area (Å²) in [6.45, 7) is 4.64. The number of hydrogen-bond acceptors (Lipinski definition) is 8. The molecule has 0 aliphatic carbocycles. The van der Waals surface area contributed by atoms with Crippen molar-refractivity contribution in [2.45, 2.75) is 38.2 Å². The Kier molecular flexibility index (Phi) is 5.57. The van der Waals surface area contributed by atoms with E-state index in [9.17, 15) is 21.6 Å². The zero-order valence-corrected chi connectivity index (χ0v) is 16.6. The van der Waals surface area contributed by atoms with E-state index in [0.717, 1.165) is 17.9 Å². The van der Waals surface area contributed by atoms with Gasteiger partial charge in [-0.1, -0.05) is 11.3 Å². The molecule has 0 spiro atoms. The number of fused-ring (bicyclic) bond motifs is 1. The molecule has 0 saturated carbocycles. The van der Waals surface area contributed by atoms with Crippen LogP contribution in [0, 0.1) is 0 Å². The standard InChI is InChI=1S/C15H17F3N6O2S2/c1-9(2)24-7-3-4-10-12(24)6-5-11(20-22-14-21-19-8-27-14)13(10)23-28(25,26)15(16,17)18/h5-6,8-9,23H,3-4,7H2,1-2H3. The summed E-state index contributed by atoms with van der Waals surface area (Å²) in [5.74, 6) is 0. The van der Waals surface area contributed by atoms with E-state index in [1.54, 1.807) is 10.8 Å². The van der Waals surface area contributed by atoms with E-state index in [2.05, 4.69) is 20.4 Å². The topological polar surface area (TPSA) is 99.9 Å². The van der Waals surface area contributed by atoms with Gasteiger partial charge in [0.1, 0.15) is 11.2 Å². The molecular weight excluding hydrogens is 417 g/mol. The predicted molar refractivity (Wildman–Crippen MR) is 99.9 cm³/mol. The molecule has 1 aliphatic heterocycles. The molecule has 0 unspecified atom stereocenters. The smallest absolute Gasteiger partial charge is 0.369 e. The van der Waals surface area contributed by atoms with Crippen molar-refractivity contribution >= 4 is 43.6 Å². The number of alkyl halides is 3. The third-order valence-corrected chi connectivity index (χ3v) is 5.81. The summed E-state index contributed by atoms with van der Waals surface area (Å²) < 4.78 is 64.1. The van der Waals surface area contributed by atoms with Crippen LogP contribution in [0.2, 0.25) is 0 Å². The van der Waals surface area contributed by atoms with Gasteiger partial charge in [0.05, 0.1) is 5.69 Å². The fraction of sp³-hybridized carbons (Fsp3) is 0.467. The number of hydrogen-bond donors (Lipinski definition) is 1. The Hall–Kier alpha value is -2.28. The van der Waals surface area contributed by atoms with Crippen LogP contribution in [0.25, 0.3) is 0 Å². The van der Waals surface area contributed by atoms with E-state index in [-0.39, 0.29) is 22.5 Å². The number of nitrogens with one attached hydrogen (secondary N) is 1. The van der Waals surface area contributed by atoms with Gasteiger partial charge in [-0.3, -0.25) is 4.72 Å². The van der Waals surface area contributed by atoms with Gasteiger partial charge < -0.3 is 4.90 Å². The van der Waals surface area contributed by atoms with Crippen molar-refractivity contribution in [1.82, 2.24) is 10.2 Å². The van der Waals surface area contributed by atoms with Gasteiger partial charge in [-0.2, -0.15) is 21.6 Å². The third kappa shape index (κ3) is 4.09. The molecule has 1 aromatic heterocycles.